The number of ether oxygens (including phenoxy) is 2. The molecule has 0 saturated heterocycles. The van der Waals surface area contributed by atoms with Crippen LogP contribution in [0.5, 0.6) is 11.5 Å². The molecule has 0 radical (unpaired) electrons. The zero-order chi connectivity index (χ0) is 19.8. The summed E-state index contributed by atoms with van der Waals surface area (Å²) in [6, 6.07) is 13.2. The highest BCUT2D eigenvalue weighted by molar-refractivity contribution is 5.94. The summed E-state index contributed by atoms with van der Waals surface area (Å²) in [5, 5.41) is 2.88. The Hall–Kier alpha value is -3.02. The molecule has 6 heteroatoms. The van der Waals surface area contributed by atoms with E-state index in [0.29, 0.717) is 23.7 Å². The summed E-state index contributed by atoms with van der Waals surface area (Å²) in [6.45, 7) is 4.19. The Balaban J connectivity index is 2.01. The predicted octanol–water partition coefficient (Wildman–Crippen LogP) is 3.07. The summed E-state index contributed by atoms with van der Waals surface area (Å²) in [5.41, 5.74) is 2.79. The van der Waals surface area contributed by atoms with Crippen LogP contribution in [0, 0.1) is 6.92 Å². The number of benzene rings is 2. The Bertz CT molecular complexity index is 787. The van der Waals surface area contributed by atoms with E-state index >= 15 is 0 Å². The molecule has 0 bridgehead atoms. The maximum absolute atomic E-state index is 12.2. The lowest BCUT2D eigenvalue weighted by molar-refractivity contribution is -0.121. The van der Waals surface area contributed by atoms with Crippen molar-refractivity contribution in [3.05, 3.63) is 53.6 Å². The highest BCUT2D eigenvalue weighted by Gasteiger charge is 2.18. The van der Waals surface area contributed by atoms with Crippen molar-refractivity contribution < 1.29 is 19.1 Å². The van der Waals surface area contributed by atoms with Crippen molar-refractivity contribution in [3.63, 3.8) is 0 Å². The molecule has 6 nitrogen and oxygen atoms in total. The molecule has 2 rings (SSSR count). The van der Waals surface area contributed by atoms with Crippen LogP contribution < -0.4 is 19.7 Å². The zero-order valence-electron chi connectivity index (χ0n) is 16.2. The number of methoxy groups -OCH3 is 2. The molecule has 27 heavy (non-hydrogen) atoms. The van der Waals surface area contributed by atoms with Gasteiger partial charge in [-0.25, -0.2) is 0 Å². The van der Waals surface area contributed by atoms with Crippen LogP contribution in [0.25, 0.3) is 0 Å². The van der Waals surface area contributed by atoms with Crippen LogP contribution >= 0.6 is 0 Å². The summed E-state index contributed by atoms with van der Waals surface area (Å²) < 4.78 is 10.6. The third kappa shape index (κ3) is 5.74. The summed E-state index contributed by atoms with van der Waals surface area (Å²) in [5.74, 6) is 0.864. The lowest BCUT2D eigenvalue weighted by Crippen LogP contribution is -2.34. The van der Waals surface area contributed by atoms with Gasteiger partial charge in [0.15, 0.2) is 0 Å². The number of hydrogen-bond donors (Lipinski definition) is 1. The standard InChI is InChI=1S/C21H26N2O4/c1-15-5-7-17(8-6-15)14-22-21(25)11-12-23(16(2)24)19-13-18(26-3)9-10-20(19)27-4/h5-10,13H,11-12,14H2,1-4H3,(H,22,25). The van der Waals surface area contributed by atoms with Gasteiger partial charge in [-0.15, -0.1) is 0 Å². The van der Waals surface area contributed by atoms with Crippen molar-refractivity contribution in [3.8, 4) is 11.5 Å². The fourth-order valence-electron chi connectivity index (χ4n) is 2.66. The lowest BCUT2D eigenvalue weighted by Gasteiger charge is -2.23. The second-order valence-electron chi connectivity index (χ2n) is 6.22. The highest BCUT2D eigenvalue weighted by Crippen LogP contribution is 2.32. The Labute approximate surface area is 160 Å². The number of rotatable bonds is 8. The maximum atomic E-state index is 12.2. The van der Waals surface area contributed by atoms with E-state index in [1.165, 1.54) is 24.5 Å². The van der Waals surface area contributed by atoms with Crippen LogP contribution in [0.1, 0.15) is 24.5 Å². The van der Waals surface area contributed by atoms with Crippen molar-refractivity contribution >= 4 is 17.5 Å². The first-order valence-electron chi connectivity index (χ1n) is 8.77. The molecule has 1 N–H and O–H groups in total. The molecule has 2 aromatic rings. The molecule has 144 valence electrons. The van der Waals surface area contributed by atoms with Gasteiger partial charge < -0.3 is 19.7 Å². The number of aryl methyl sites for hydroxylation is 1. The fourth-order valence-corrected chi connectivity index (χ4v) is 2.66. The number of anilines is 1. The molecule has 0 spiro atoms. The topological polar surface area (TPSA) is 67.9 Å². The first kappa shape index (κ1) is 20.3. The molecule has 2 aromatic carbocycles. The average molecular weight is 370 g/mol. The molecule has 0 heterocycles. The molecule has 0 aromatic heterocycles. The van der Waals surface area contributed by atoms with E-state index in [-0.39, 0.29) is 24.8 Å². The smallest absolute Gasteiger partial charge is 0.223 e. The van der Waals surface area contributed by atoms with E-state index in [9.17, 15) is 9.59 Å². The number of carbonyl (C=O) groups excluding carboxylic acids is 2. The van der Waals surface area contributed by atoms with Gasteiger partial charge in [-0.3, -0.25) is 9.59 Å². The van der Waals surface area contributed by atoms with Gasteiger partial charge in [0.05, 0.1) is 19.9 Å². The van der Waals surface area contributed by atoms with Crippen LogP contribution in [0.3, 0.4) is 0 Å². The summed E-state index contributed by atoms with van der Waals surface area (Å²) >= 11 is 0. The molecular weight excluding hydrogens is 344 g/mol. The quantitative estimate of drug-likeness (QED) is 0.775. The van der Waals surface area contributed by atoms with E-state index < -0.39 is 0 Å². The average Bonchev–Trinajstić information content (AvgIpc) is 2.67. The van der Waals surface area contributed by atoms with Gasteiger partial charge in [0, 0.05) is 32.5 Å². The molecule has 0 fully saturated rings. The van der Waals surface area contributed by atoms with E-state index in [1.807, 2.05) is 31.2 Å². The van der Waals surface area contributed by atoms with E-state index in [4.69, 9.17) is 9.47 Å². The summed E-state index contributed by atoms with van der Waals surface area (Å²) in [4.78, 5) is 25.9. The summed E-state index contributed by atoms with van der Waals surface area (Å²) in [7, 11) is 3.10. The Morgan fingerprint density at radius 2 is 1.74 bits per heavy atom. The minimum atomic E-state index is -0.173. The van der Waals surface area contributed by atoms with Crippen molar-refractivity contribution in [1.82, 2.24) is 5.32 Å². The van der Waals surface area contributed by atoms with Gasteiger partial charge in [0.2, 0.25) is 11.8 Å². The van der Waals surface area contributed by atoms with Gasteiger partial charge >= 0.3 is 0 Å². The van der Waals surface area contributed by atoms with E-state index in [2.05, 4.69) is 5.32 Å². The van der Waals surface area contributed by atoms with Crippen LogP contribution in [-0.4, -0.2) is 32.6 Å². The SMILES string of the molecule is COc1ccc(OC)c(N(CCC(=O)NCc2ccc(C)cc2)C(C)=O)c1. The van der Waals surface area contributed by atoms with Crippen molar-refractivity contribution in [2.24, 2.45) is 0 Å². The third-order valence-corrected chi connectivity index (χ3v) is 4.23. The minimum Gasteiger partial charge on any atom is -0.497 e. The van der Waals surface area contributed by atoms with E-state index in [0.717, 1.165) is 5.56 Å². The number of nitrogens with zero attached hydrogens (tertiary/aromatic N) is 1. The van der Waals surface area contributed by atoms with Crippen molar-refractivity contribution in [1.29, 1.82) is 0 Å². The van der Waals surface area contributed by atoms with Crippen LogP contribution in [0.15, 0.2) is 42.5 Å². The number of carbonyl (C=O) groups is 2. The number of nitrogens with one attached hydrogen (secondary N) is 1. The predicted molar refractivity (Wildman–Crippen MR) is 105 cm³/mol. The zero-order valence-corrected chi connectivity index (χ0v) is 16.2. The molecule has 0 aliphatic heterocycles. The second kappa shape index (κ2) is 9.62. The Morgan fingerprint density at radius 3 is 2.33 bits per heavy atom. The molecule has 0 unspecified atom stereocenters. The summed E-state index contributed by atoms with van der Waals surface area (Å²) in [6.07, 6.45) is 0.186. The van der Waals surface area contributed by atoms with Gasteiger partial charge in [-0.1, -0.05) is 29.8 Å². The third-order valence-electron chi connectivity index (χ3n) is 4.23. The second-order valence-corrected chi connectivity index (χ2v) is 6.22. The molecular formula is C21H26N2O4. The molecule has 0 saturated carbocycles. The van der Waals surface area contributed by atoms with Gasteiger partial charge in [0.25, 0.3) is 0 Å². The highest BCUT2D eigenvalue weighted by atomic mass is 16.5. The fraction of sp³-hybridized carbons (Fsp3) is 0.333. The van der Waals surface area contributed by atoms with Crippen molar-refractivity contribution in [2.45, 2.75) is 26.8 Å². The van der Waals surface area contributed by atoms with Gasteiger partial charge in [-0.2, -0.15) is 0 Å². The number of amides is 2. The largest absolute Gasteiger partial charge is 0.497 e. The molecule has 2 amide bonds. The molecule has 0 aliphatic carbocycles. The van der Waals surface area contributed by atoms with Crippen LogP contribution in [-0.2, 0) is 16.1 Å². The normalized spacial score (nSPS) is 10.2. The first-order valence-corrected chi connectivity index (χ1v) is 8.77. The van der Waals surface area contributed by atoms with E-state index in [1.54, 1.807) is 25.3 Å². The molecule has 0 atom stereocenters. The van der Waals surface area contributed by atoms with Crippen molar-refractivity contribution in [2.75, 3.05) is 25.7 Å². The number of hydrogen-bond acceptors (Lipinski definition) is 4. The van der Waals surface area contributed by atoms with Crippen LogP contribution in [0.4, 0.5) is 5.69 Å². The Kier molecular flexibility index (Phi) is 7.23. The monoisotopic (exact) mass is 370 g/mol. The lowest BCUT2D eigenvalue weighted by atomic mass is 10.1. The van der Waals surface area contributed by atoms with Gasteiger partial charge in [0.1, 0.15) is 11.5 Å². The molecule has 0 aliphatic rings. The Morgan fingerprint density at radius 1 is 1.04 bits per heavy atom. The first-order chi connectivity index (χ1) is 12.9. The van der Waals surface area contributed by atoms with Gasteiger partial charge in [-0.05, 0) is 24.6 Å². The van der Waals surface area contributed by atoms with Crippen LogP contribution in [0.2, 0.25) is 0 Å². The maximum Gasteiger partial charge on any atom is 0.223 e. The minimum absolute atomic E-state index is 0.122.